The number of likely N-dealkylation sites (tertiary alicyclic amines) is 1. The lowest BCUT2D eigenvalue weighted by molar-refractivity contribution is -0.114. The molecule has 0 atom stereocenters. The zero-order valence-corrected chi connectivity index (χ0v) is 14.7. The van der Waals surface area contributed by atoms with E-state index >= 15 is 0 Å². The average molecular weight is 361 g/mol. The van der Waals surface area contributed by atoms with Gasteiger partial charge in [-0.15, -0.1) is 0 Å². The molecule has 2 aliphatic heterocycles. The lowest BCUT2D eigenvalue weighted by atomic mass is 9.74. The number of nitriles is 1. The highest BCUT2D eigenvalue weighted by Gasteiger charge is 2.38. The monoisotopic (exact) mass is 361 g/mol. The predicted octanol–water partition coefficient (Wildman–Crippen LogP) is 2.14. The van der Waals surface area contributed by atoms with Crippen molar-refractivity contribution in [3.8, 4) is 6.07 Å². The Bertz CT molecular complexity index is 927. The van der Waals surface area contributed by atoms with Crippen LogP contribution in [0.1, 0.15) is 28.8 Å². The maximum absolute atomic E-state index is 12.9. The first-order valence-corrected chi connectivity index (χ1v) is 8.91. The fourth-order valence-electron chi connectivity index (χ4n) is 3.67. The van der Waals surface area contributed by atoms with E-state index in [1.165, 1.54) is 6.20 Å². The van der Waals surface area contributed by atoms with Crippen molar-refractivity contribution in [3.05, 3.63) is 53.7 Å². The van der Waals surface area contributed by atoms with E-state index in [1.54, 1.807) is 11.0 Å². The molecule has 0 unspecified atom stereocenters. The van der Waals surface area contributed by atoms with Gasteiger partial charge in [-0.1, -0.05) is 30.3 Å². The van der Waals surface area contributed by atoms with Crippen LogP contribution in [0.2, 0.25) is 0 Å². The topological polar surface area (TPSA) is 98.1 Å². The van der Waals surface area contributed by atoms with Crippen LogP contribution >= 0.6 is 0 Å². The molecule has 2 aromatic rings. The third-order valence-corrected chi connectivity index (χ3v) is 5.27. The summed E-state index contributed by atoms with van der Waals surface area (Å²) >= 11 is 0. The highest BCUT2D eigenvalue weighted by molar-refractivity contribution is 6.02. The second-order valence-electron chi connectivity index (χ2n) is 6.87. The van der Waals surface area contributed by atoms with Gasteiger partial charge in [-0.2, -0.15) is 5.26 Å². The lowest BCUT2D eigenvalue weighted by Crippen LogP contribution is -2.44. The van der Waals surface area contributed by atoms with E-state index in [2.05, 4.69) is 21.7 Å². The number of piperidine rings is 1. The van der Waals surface area contributed by atoms with Crippen molar-refractivity contribution in [1.82, 2.24) is 9.88 Å². The summed E-state index contributed by atoms with van der Waals surface area (Å²) < 4.78 is 0. The SMILES string of the molecule is N#CC1(c2ccccc2)CCN(C(=O)c2cnc3c(c2)NC(=O)CN3)CC1. The van der Waals surface area contributed by atoms with Crippen LogP contribution in [-0.2, 0) is 10.2 Å². The van der Waals surface area contributed by atoms with Crippen LogP contribution in [0.3, 0.4) is 0 Å². The highest BCUT2D eigenvalue weighted by Crippen LogP contribution is 2.35. The van der Waals surface area contributed by atoms with Gasteiger partial charge in [0.25, 0.3) is 5.91 Å². The number of fused-ring (bicyclic) bond motifs is 1. The average Bonchev–Trinajstić information content (AvgIpc) is 2.73. The Kier molecular flexibility index (Phi) is 4.24. The Labute approximate surface area is 157 Å². The van der Waals surface area contributed by atoms with E-state index in [0.717, 1.165) is 5.56 Å². The Morgan fingerprint density at radius 1 is 1.22 bits per heavy atom. The third-order valence-electron chi connectivity index (χ3n) is 5.27. The molecule has 0 saturated carbocycles. The summed E-state index contributed by atoms with van der Waals surface area (Å²) in [5.41, 5.74) is 1.40. The van der Waals surface area contributed by atoms with E-state index in [1.807, 2.05) is 30.3 Å². The zero-order chi connectivity index (χ0) is 18.9. The van der Waals surface area contributed by atoms with Crippen LogP contribution in [0.4, 0.5) is 11.5 Å². The molecule has 7 heteroatoms. The van der Waals surface area contributed by atoms with Gasteiger partial charge < -0.3 is 15.5 Å². The van der Waals surface area contributed by atoms with Crippen molar-refractivity contribution in [1.29, 1.82) is 5.26 Å². The molecule has 3 heterocycles. The van der Waals surface area contributed by atoms with Crippen molar-refractivity contribution in [3.63, 3.8) is 0 Å². The van der Waals surface area contributed by atoms with Crippen LogP contribution in [0.5, 0.6) is 0 Å². The van der Waals surface area contributed by atoms with E-state index in [4.69, 9.17) is 0 Å². The zero-order valence-electron chi connectivity index (χ0n) is 14.7. The predicted molar refractivity (Wildman–Crippen MR) is 100 cm³/mol. The number of benzene rings is 1. The van der Waals surface area contributed by atoms with Gasteiger partial charge in [0, 0.05) is 19.3 Å². The van der Waals surface area contributed by atoms with Gasteiger partial charge in [0.1, 0.15) is 5.82 Å². The number of pyridine rings is 1. The molecule has 1 aromatic heterocycles. The lowest BCUT2D eigenvalue weighted by Gasteiger charge is -2.37. The fraction of sp³-hybridized carbons (Fsp3) is 0.300. The van der Waals surface area contributed by atoms with Crippen LogP contribution in [-0.4, -0.2) is 41.3 Å². The number of rotatable bonds is 2. The van der Waals surface area contributed by atoms with Gasteiger partial charge in [0.15, 0.2) is 0 Å². The summed E-state index contributed by atoms with van der Waals surface area (Å²) in [5.74, 6) is 0.274. The molecule has 2 amide bonds. The molecule has 1 saturated heterocycles. The molecule has 0 radical (unpaired) electrons. The summed E-state index contributed by atoms with van der Waals surface area (Å²) in [7, 11) is 0. The Hall–Kier alpha value is -3.40. The number of nitrogens with one attached hydrogen (secondary N) is 2. The highest BCUT2D eigenvalue weighted by atomic mass is 16.2. The second-order valence-corrected chi connectivity index (χ2v) is 6.87. The summed E-state index contributed by atoms with van der Waals surface area (Å²) in [6, 6.07) is 13.9. The number of hydrogen-bond donors (Lipinski definition) is 2. The molecule has 2 aliphatic rings. The smallest absolute Gasteiger partial charge is 0.255 e. The standard InChI is InChI=1S/C20H19N5O2/c21-13-20(15-4-2-1-3-5-15)6-8-25(9-7-20)19(27)14-10-16-18(22-11-14)23-12-17(26)24-16/h1-5,10-11H,6-9,12H2,(H,22,23)(H,24,26). The third kappa shape index (κ3) is 3.10. The quantitative estimate of drug-likeness (QED) is 0.854. The minimum Gasteiger partial charge on any atom is -0.359 e. The first kappa shape index (κ1) is 17.0. The van der Waals surface area contributed by atoms with Gasteiger partial charge in [-0.05, 0) is 24.5 Å². The number of nitrogens with zero attached hydrogens (tertiary/aromatic N) is 3. The Balaban J connectivity index is 1.50. The Morgan fingerprint density at radius 3 is 2.67 bits per heavy atom. The van der Waals surface area contributed by atoms with Crippen molar-refractivity contribution in [2.24, 2.45) is 0 Å². The van der Waals surface area contributed by atoms with E-state index < -0.39 is 5.41 Å². The van der Waals surface area contributed by atoms with Gasteiger partial charge in [0.2, 0.25) is 5.91 Å². The molecule has 1 fully saturated rings. The van der Waals surface area contributed by atoms with Crippen LogP contribution in [0.15, 0.2) is 42.6 Å². The first-order chi connectivity index (χ1) is 13.1. The first-order valence-electron chi connectivity index (χ1n) is 8.91. The molecule has 0 aliphatic carbocycles. The Morgan fingerprint density at radius 2 is 1.96 bits per heavy atom. The summed E-state index contributed by atoms with van der Waals surface area (Å²) in [6.45, 7) is 1.18. The van der Waals surface area contributed by atoms with Gasteiger partial charge in [-0.25, -0.2) is 4.98 Å². The van der Waals surface area contributed by atoms with Crippen molar-refractivity contribution in [2.75, 3.05) is 30.3 Å². The van der Waals surface area contributed by atoms with E-state index in [9.17, 15) is 14.9 Å². The summed E-state index contributed by atoms with van der Waals surface area (Å²) in [6.07, 6.45) is 2.71. The van der Waals surface area contributed by atoms with Crippen LogP contribution in [0.25, 0.3) is 0 Å². The molecule has 27 heavy (non-hydrogen) atoms. The van der Waals surface area contributed by atoms with Crippen molar-refractivity contribution in [2.45, 2.75) is 18.3 Å². The summed E-state index contributed by atoms with van der Waals surface area (Å²) in [4.78, 5) is 30.4. The van der Waals surface area contributed by atoms with Crippen molar-refractivity contribution >= 4 is 23.3 Å². The fourth-order valence-corrected chi connectivity index (χ4v) is 3.67. The number of amides is 2. The second kappa shape index (κ2) is 6.72. The van der Waals surface area contributed by atoms with Gasteiger partial charge in [0.05, 0.1) is 29.3 Å². The minimum absolute atomic E-state index is 0.135. The normalized spacial score (nSPS) is 17.9. The minimum atomic E-state index is -0.552. The van der Waals surface area contributed by atoms with Crippen molar-refractivity contribution < 1.29 is 9.59 Å². The van der Waals surface area contributed by atoms with E-state index in [0.29, 0.717) is 43.0 Å². The molecule has 4 rings (SSSR count). The maximum atomic E-state index is 12.9. The maximum Gasteiger partial charge on any atom is 0.255 e. The molecule has 1 aromatic carbocycles. The molecular formula is C20H19N5O2. The molecule has 136 valence electrons. The number of hydrogen-bond acceptors (Lipinski definition) is 5. The number of carbonyl (C=O) groups is 2. The molecule has 0 bridgehead atoms. The van der Waals surface area contributed by atoms with Crippen LogP contribution in [0, 0.1) is 11.3 Å². The molecule has 2 N–H and O–H groups in total. The van der Waals surface area contributed by atoms with Gasteiger partial charge in [-0.3, -0.25) is 9.59 Å². The number of carbonyl (C=O) groups excluding carboxylic acids is 2. The van der Waals surface area contributed by atoms with Gasteiger partial charge >= 0.3 is 0 Å². The van der Waals surface area contributed by atoms with E-state index in [-0.39, 0.29) is 18.4 Å². The van der Waals surface area contributed by atoms with Crippen LogP contribution < -0.4 is 10.6 Å². The summed E-state index contributed by atoms with van der Waals surface area (Å²) in [5, 5.41) is 15.4. The largest absolute Gasteiger partial charge is 0.359 e. The number of anilines is 2. The molecular weight excluding hydrogens is 342 g/mol. The molecule has 7 nitrogen and oxygen atoms in total. The molecule has 0 spiro atoms. The number of aromatic nitrogens is 1.